The molecule has 0 aliphatic heterocycles. The van der Waals surface area contributed by atoms with Crippen molar-refractivity contribution in [3.63, 3.8) is 0 Å². The smallest absolute Gasteiger partial charge is 0.335 e. The lowest BCUT2D eigenvalue weighted by Crippen LogP contribution is -2.13. The van der Waals surface area contributed by atoms with Gasteiger partial charge < -0.3 is 9.63 Å². The number of aliphatic hydroxyl groups is 1. The maximum Gasteiger partial charge on any atom is 0.335 e. The van der Waals surface area contributed by atoms with Gasteiger partial charge in [-0.05, 0) is 13.0 Å². The molecule has 0 unspecified atom stereocenters. The minimum atomic E-state index is -3.88. The van der Waals surface area contributed by atoms with E-state index in [4.69, 9.17) is 9.63 Å². The van der Waals surface area contributed by atoms with Crippen molar-refractivity contribution >= 4 is 16.0 Å². The van der Waals surface area contributed by atoms with Crippen LogP contribution < -0.4 is 4.72 Å². The average Bonchev–Trinajstić information content (AvgIpc) is 2.84. The monoisotopic (exact) mass is 308 g/mol. The van der Waals surface area contributed by atoms with Gasteiger partial charge in [-0.15, -0.1) is 0 Å². The Morgan fingerprint density at radius 2 is 2.24 bits per heavy atom. The van der Waals surface area contributed by atoms with Crippen molar-refractivity contribution < 1.29 is 18.0 Å². The van der Waals surface area contributed by atoms with Crippen molar-refractivity contribution in [2.45, 2.75) is 18.2 Å². The summed E-state index contributed by atoms with van der Waals surface area (Å²) in [6.45, 7) is 1.51. The fourth-order valence-corrected chi connectivity index (χ4v) is 2.28. The molecule has 2 aromatic heterocycles. The fraction of sp³-hybridized carbons (Fsp3) is 0.250. The number of hydrogen-bond donors (Lipinski definition) is 2. The van der Waals surface area contributed by atoms with E-state index in [1.807, 2.05) is 0 Å². The summed E-state index contributed by atoms with van der Waals surface area (Å²) < 4.78 is 31.1. The molecule has 0 saturated heterocycles. The van der Waals surface area contributed by atoms with Gasteiger partial charge in [0.25, 0.3) is 10.0 Å². The van der Waals surface area contributed by atoms with Gasteiger partial charge >= 0.3 is 6.01 Å². The minimum Gasteiger partial charge on any atom is -0.395 e. The van der Waals surface area contributed by atoms with Gasteiger partial charge in [-0.25, -0.2) is 13.1 Å². The summed E-state index contributed by atoms with van der Waals surface area (Å²) in [7, 11) is -3.88. The lowest BCUT2D eigenvalue weighted by Gasteiger charge is -2.03. The molecule has 2 heterocycles. The first-order valence-electron chi connectivity index (χ1n) is 5.89. The van der Waals surface area contributed by atoms with Crippen LogP contribution in [0.3, 0.4) is 0 Å². The molecule has 2 N–H and O–H groups in total. The van der Waals surface area contributed by atoms with Crippen LogP contribution in [-0.2, 0) is 10.0 Å². The van der Waals surface area contributed by atoms with Crippen molar-refractivity contribution in [1.29, 1.82) is 0 Å². The first-order valence-corrected chi connectivity index (χ1v) is 7.37. The number of hydrogen-bond acceptors (Lipinski definition) is 7. The van der Waals surface area contributed by atoms with Gasteiger partial charge in [0.2, 0.25) is 0 Å². The maximum absolute atomic E-state index is 12.1. The number of nitrogens with one attached hydrogen (secondary N) is 1. The Labute approximate surface area is 121 Å². The third-order valence-corrected chi connectivity index (χ3v) is 3.53. The molecule has 0 aromatic carbocycles. The van der Waals surface area contributed by atoms with Crippen molar-refractivity contribution in [2.24, 2.45) is 0 Å². The molecular formula is C12H12N4O4S. The summed E-state index contributed by atoms with van der Waals surface area (Å²) in [5.41, 5.74) is 0.424. The van der Waals surface area contributed by atoms with Gasteiger partial charge in [0.1, 0.15) is 4.90 Å². The molecule has 0 fully saturated rings. The first-order chi connectivity index (χ1) is 10.0. The van der Waals surface area contributed by atoms with Crippen LogP contribution in [0.15, 0.2) is 27.9 Å². The standard InChI is InChI=1S/C12H12N4O4S/c1-9-14-12(20-15-9)16-21(18,19)11-6-10(7-13-8-11)4-2-3-5-17/h6-8,17H,3,5H2,1H3,(H,14,15,16). The molecule has 0 amide bonds. The molecule has 0 radical (unpaired) electrons. The number of anilines is 1. The van der Waals surface area contributed by atoms with Gasteiger partial charge in [-0.3, -0.25) is 4.98 Å². The number of aromatic nitrogens is 3. The van der Waals surface area contributed by atoms with Crippen LogP contribution in [0.2, 0.25) is 0 Å². The summed E-state index contributed by atoms with van der Waals surface area (Å²) in [4.78, 5) is 7.51. The molecular weight excluding hydrogens is 296 g/mol. The van der Waals surface area contributed by atoms with E-state index < -0.39 is 10.0 Å². The van der Waals surface area contributed by atoms with E-state index in [1.165, 1.54) is 18.5 Å². The van der Waals surface area contributed by atoms with E-state index >= 15 is 0 Å². The second-order valence-electron chi connectivity index (χ2n) is 3.94. The summed E-state index contributed by atoms with van der Waals surface area (Å²) in [6, 6.07) is 1.15. The molecule has 2 rings (SSSR count). The van der Waals surface area contributed by atoms with Gasteiger partial charge in [0.05, 0.1) is 6.61 Å². The van der Waals surface area contributed by atoms with E-state index in [1.54, 1.807) is 6.92 Å². The molecule has 9 heteroatoms. The Morgan fingerprint density at radius 1 is 1.43 bits per heavy atom. The zero-order valence-electron chi connectivity index (χ0n) is 11.1. The van der Waals surface area contributed by atoms with Crippen LogP contribution in [0.4, 0.5) is 6.01 Å². The quantitative estimate of drug-likeness (QED) is 0.780. The molecule has 0 spiro atoms. The number of nitrogens with zero attached hydrogens (tertiary/aromatic N) is 3. The number of aryl methyl sites for hydroxylation is 1. The summed E-state index contributed by atoms with van der Waals surface area (Å²) in [5, 5.41) is 12.1. The number of sulfonamides is 1. The Hall–Kier alpha value is -2.44. The van der Waals surface area contributed by atoms with Gasteiger partial charge in [0.15, 0.2) is 5.82 Å². The molecule has 21 heavy (non-hydrogen) atoms. The molecule has 8 nitrogen and oxygen atoms in total. The maximum atomic E-state index is 12.1. The second-order valence-corrected chi connectivity index (χ2v) is 5.62. The SMILES string of the molecule is Cc1noc(NS(=O)(=O)c2cncc(C#CCCO)c2)n1. The van der Waals surface area contributed by atoms with Crippen LogP contribution in [-0.4, -0.2) is 35.3 Å². The Bertz CT molecular complexity index is 789. The number of aliphatic hydroxyl groups excluding tert-OH is 1. The first kappa shape index (κ1) is 15.0. The van der Waals surface area contributed by atoms with Crippen LogP contribution in [0, 0.1) is 18.8 Å². The van der Waals surface area contributed by atoms with Crippen molar-refractivity contribution in [2.75, 3.05) is 11.3 Å². The topological polar surface area (TPSA) is 118 Å². The lowest BCUT2D eigenvalue weighted by atomic mass is 10.3. The van der Waals surface area contributed by atoms with Crippen LogP contribution in [0.25, 0.3) is 0 Å². The third-order valence-electron chi connectivity index (χ3n) is 2.24. The van der Waals surface area contributed by atoms with Gasteiger partial charge in [-0.2, -0.15) is 4.98 Å². The van der Waals surface area contributed by atoms with Crippen molar-refractivity contribution in [3.05, 3.63) is 29.8 Å². The zero-order chi connectivity index (χ0) is 15.3. The van der Waals surface area contributed by atoms with Crippen LogP contribution >= 0.6 is 0 Å². The largest absolute Gasteiger partial charge is 0.395 e. The fourth-order valence-electron chi connectivity index (χ4n) is 1.37. The Balaban J connectivity index is 2.24. The Morgan fingerprint density at radius 3 is 2.90 bits per heavy atom. The number of pyridine rings is 1. The van der Waals surface area contributed by atoms with Crippen LogP contribution in [0.5, 0.6) is 0 Å². The molecule has 0 bridgehead atoms. The van der Waals surface area contributed by atoms with Gasteiger partial charge in [-0.1, -0.05) is 17.0 Å². The van der Waals surface area contributed by atoms with E-state index in [2.05, 4.69) is 31.7 Å². The average molecular weight is 308 g/mol. The second kappa shape index (κ2) is 6.34. The van der Waals surface area contributed by atoms with E-state index in [0.717, 1.165) is 0 Å². The molecule has 0 aliphatic rings. The molecule has 0 saturated carbocycles. The normalized spacial score (nSPS) is 10.8. The lowest BCUT2D eigenvalue weighted by molar-refractivity contribution is 0.305. The van der Waals surface area contributed by atoms with Crippen LogP contribution in [0.1, 0.15) is 17.8 Å². The predicted molar refractivity (Wildman–Crippen MR) is 72.7 cm³/mol. The summed E-state index contributed by atoms with van der Waals surface area (Å²) in [6.07, 6.45) is 2.92. The summed E-state index contributed by atoms with van der Waals surface area (Å²) >= 11 is 0. The third kappa shape index (κ3) is 4.01. The summed E-state index contributed by atoms with van der Waals surface area (Å²) in [5.74, 6) is 5.71. The molecule has 110 valence electrons. The highest BCUT2D eigenvalue weighted by atomic mass is 32.2. The van der Waals surface area contributed by atoms with E-state index in [0.29, 0.717) is 17.8 Å². The highest BCUT2D eigenvalue weighted by Gasteiger charge is 2.18. The minimum absolute atomic E-state index is 0.0590. The number of rotatable bonds is 4. The van der Waals surface area contributed by atoms with Crippen molar-refractivity contribution in [1.82, 2.24) is 15.1 Å². The Kier molecular flexibility index (Phi) is 4.52. The van der Waals surface area contributed by atoms with E-state index in [9.17, 15) is 8.42 Å². The zero-order valence-corrected chi connectivity index (χ0v) is 11.9. The highest BCUT2D eigenvalue weighted by molar-refractivity contribution is 7.92. The van der Waals surface area contributed by atoms with Gasteiger partial charge in [0, 0.05) is 24.4 Å². The molecule has 0 aliphatic carbocycles. The molecule has 2 aromatic rings. The van der Waals surface area contributed by atoms with E-state index in [-0.39, 0.29) is 17.5 Å². The highest BCUT2D eigenvalue weighted by Crippen LogP contribution is 2.14. The van der Waals surface area contributed by atoms with Crippen molar-refractivity contribution in [3.8, 4) is 11.8 Å². The molecule has 0 atom stereocenters. The predicted octanol–water partition coefficient (Wildman–Crippen LogP) is 0.308.